The summed E-state index contributed by atoms with van der Waals surface area (Å²) < 4.78 is 25.9. The van der Waals surface area contributed by atoms with Crippen LogP contribution in [0.3, 0.4) is 0 Å². The van der Waals surface area contributed by atoms with Crippen LogP contribution in [-0.2, 0) is 9.84 Å². The molecule has 0 N–H and O–H groups in total. The first kappa shape index (κ1) is 19.4. The first-order valence-electron chi connectivity index (χ1n) is 11.1. The second kappa shape index (κ2) is 8.24. The Bertz CT molecular complexity index is 697. The maximum absolute atomic E-state index is 13.2. The Morgan fingerprint density at radius 2 is 1.52 bits per heavy atom. The minimum Gasteiger partial charge on any atom is -0.303 e. The molecule has 1 saturated heterocycles. The Hall–Kier alpha value is -0.870. The van der Waals surface area contributed by atoms with E-state index in [1.807, 2.05) is 18.2 Å². The van der Waals surface area contributed by atoms with E-state index >= 15 is 0 Å². The van der Waals surface area contributed by atoms with Crippen molar-refractivity contribution in [3.05, 3.63) is 30.3 Å². The van der Waals surface area contributed by atoms with E-state index < -0.39 is 14.6 Å². The monoisotopic (exact) mass is 389 g/mol. The molecule has 0 amide bonds. The lowest BCUT2D eigenvalue weighted by atomic mass is 9.80. The number of piperidine rings is 1. The van der Waals surface area contributed by atoms with E-state index in [2.05, 4.69) is 4.90 Å². The highest BCUT2D eigenvalue weighted by Crippen LogP contribution is 2.46. The van der Waals surface area contributed by atoms with Crippen molar-refractivity contribution < 1.29 is 8.42 Å². The van der Waals surface area contributed by atoms with Crippen molar-refractivity contribution in [3.63, 3.8) is 0 Å². The lowest BCUT2D eigenvalue weighted by molar-refractivity contribution is 0.143. The molecule has 0 radical (unpaired) electrons. The average Bonchev–Trinajstić information content (AvgIpc) is 3.19. The molecule has 150 valence electrons. The lowest BCUT2D eigenvalue weighted by Crippen LogP contribution is -2.46. The smallest absolute Gasteiger partial charge is 0.184 e. The van der Waals surface area contributed by atoms with Gasteiger partial charge in [0, 0.05) is 0 Å². The molecular formula is C23H35NO2S. The third-order valence-corrected chi connectivity index (χ3v) is 10.3. The summed E-state index contributed by atoms with van der Waals surface area (Å²) in [5.74, 6) is 1.96. The average molecular weight is 390 g/mol. The molecule has 3 aliphatic rings. The molecule has 0 atom stereocenters. The van der Waals surface area contributed by atoms with E-state index in [-0.39, 0.29) is 0 Å². The number of likely N-dealkylation sites (tertiary alicyclic amines) is 1. The van der Waals surface area contributed by atoms with Crippen molar-refractivity contribution in [3.8, 4) is 0 Å². The maximum atomic E-state index is 13.2. The Morgan fingerprint density at radius 3 is 2.11 bits per heavy atom. The molecule has 0 spiro atoms. The zero-order valence-corrected chi connectivity index (χ0v) is 17.4. The van der Waals surface area contributed by atoms with Gasteiger partial charge >= 0.3 is 0 Å². The number of nitrogens with zero attached hydrogens (tertiary/aromatic N) is 1. The van der Waals surface area contributed by atoms with E-state index in [0.717, 1.165) is 50.5 Å². The van der Waals surface area contributed by atoms with Crippen LogP contribution in [0.5, 0.6) is 0 Å². The predicted octanol–water partition coefficient (Wildman–Crippen LogP) is 5.07. The summed E-state index contributed by atoms with van der Waals surface area (Å²) in [6.45, 7) is 3.52. The Balaban J connectivity index is 1.28. The molecule has 4 heteroatoms. The summed E-state index contributed by atoms with van der Waals surface area (Å²) in [7, 11) is -3.21. The lowest BCUT2D eigenvalue weighted by Gasteiger charge is -2.42. The second-order valence-corrected chi connectivity index (χ2v) is 11.5. The van der Waals surface area contributed by atoms with Gasteiger partial charge in [0.2, 0.25) is 0 Å². The molecule has 27 heavy (non-hydrogen) atoms. The van der Waals surface area contributed by atoms with Crippen LogP contribution in [0.15, 0.2) is 35.2 Å². The first-order chi connectivity index (χ1) is 13.1. The highest BCUT2D eigenvalue weighted by Gasteiger charge is 2.48. The molecule has 1 heterocycles. The predicted molar refractivity (Wildman–Crippen MR) is 111 cm³/mol. The summed E-state index contributed by atoms with van der Waals surface area (Å²) in [5, 5.41) is 0. The third kappa shape index (κ3) is 3.98. The normalized spacial score (nSPS) is 24.7. The van der Waals surface area contributed by atoms with Crippen LogP contribution >= 0.6 is 0 Å². The number of hydrogen-bond donors (Lipinski definition) is 0. The van der Waals surface area contributed by atoms with Gasteiger partial charge in [0.05, 0.1) is 9.64 Å². The SMILES string of the molecule is O=S(=O)(c1ccccc1)C1(CCCN2CCC(C3CCCC3)CC2)CCC1. The molecule has 4 rings (SSSR count). The summed E-state index contributed by atoms with van der Waals surface area (Å²) in [6.07, 6.45) is 13.1. The fraction of sp³-hybridized carbons (Fsp3) is 0.739. The van der Waals surface area contributed by atoms with Crippen molar-refractivity contribution in [2.45, 2.75) is 80.3 Å². The third-order valence-electron chi connectivity index (χ3n) is 7.69. The van der Waals surface area contributed by atoms with Crippen molar-refractivity contribution in [2.24, 2.45) is 11.8 Å². The minimum atomic E-state index is -3.21. The van der Waals surface area contributed by atoms with Crippen LogP contribution in [0.4, 0.5) is 0 Å². The van der Waals surface area contributed by atoms with Gasteiger partial charge in [0.15, 0.2) is 9.84 Å². The summed E-state index contributed by atoms with van der Waals surface area (Å²) in [4.78, 5) is 3.11. The molecule has 2 saturated carbocycles. The zero-order valence-electron chi connectivity index (χ0n) is 16.6. The number of rotatable bonds is 7. The van der Waals surface area contributed by atoms with E-state index in [0.29, 0.717) is 4.90 Å². The molecular weight excluding hydrogens is 354 g/mol. The second-order valence-electron chi connectivity index (χ2n) is 9.18. The van der Waals surface area contributed by atoms with Crippen LogP contribution < -0.4 is 0 Å². The Kier molecular flexibility index (Phi) is 5.94. The van der Waals surface area contributed by atoms with Crippen LogP contribution in [0, 0.1) is 11.8 Å². The van der Waals surface area contributed by atoms with Gasteiger partial charge in [-0.15, -0.1) is 0 Å². The molecule has 2 aliphatic carbocycles. The molecule has 3 fully saturated rings. The van der Waals surface area contributed by atoms with Gasteiger partial charge in [-0.1, -0.05) is 50.3 Å². The molecule has 3 nitrogen and oxygen atoms in total. The van der Waals surface area contributed by atoms with Gasteiger partial charge in [-0.05, 0) is 82.1 Å². The number of hydrogen-bond acceptors (Lipinski definition) is 3. The highest BCUT2D eigenvalue weighted by molar-refractivity contribution is 7.93. The van der Waals surface area contributed by atoms with E-state index in [1.54, 1.807) is 12.1 Å². The zero-order chi connectivity index (χ0) is 18.7. The van der Waals surface area contributed by atoms with Gasteiger partial charge in [-0.2, -0.15) is 0 Å². The van der Waals surface area contributed by atoms with Gasteiger partial charge in [0.1, 0.15) is 0 Å². The fourth-order valence-electron chi connectivity index (χ4n) is 5.78. The van der Waals surface area contributed by atoms with Gasteiger partial charge < -0.3 is 4.90 Å². The molecule has 1 aromatic rings. The van der Waals surface area contributed by atoms with Crippen molar-refractivity contribution in [2.75, 3.05) is 19.6 Å². The van der Waals surface area contributed by atoms with Crippen molar-refractivity contribution in [1.82, 2.24) is 4.90 Å². The van der Waals surface area contributed by atoms with Gasteiger partial charge in [0.25, 0.3) is 0 Å². The summed E-state index contributed by atoms with van der Waals surface area (Å²) >= 11 is 0. The topological polar surface area (TPSA) is 37.4 Å². The molecule has 0 bridgehead atoms. The Morgan fingerprint density at radius 1 is 0.889 bits per heavy atom. The fourth-order valence-corrected chi connectivity index (χ4v) is 8.03. The van der Waals surface area contributed by atoms with E-state index in [1.165, 1.54) is 51.6 Å². The number of sulfone groups is 1. The Labute approximate surface area is 165 Å². The van der Waals surface area contributed by atoms with Crippen molar-refractivity contribution in [1.29, 1.82) is 0 Å². The largest absolute Gasteiger partial charge is 0.303 e. The van der Waals surface area contributed by atoms with Crippen molar-refractivity contribution >= 4 is 9.84 Å². The van der Waals surface area contributed by atoms with Crippen LogP contribution in [-0.4, -0.2) is 37.7 Å². The van der Waals surface area contributed by atoms with Crippen LogP contribution in [0.2, 0.25) is 0 Å². The molecule has 1 aromatic carbocycles. The summed E-state index contributed by atoms with van der Waals surface area (Å²) in [6, 6.07) is 9.11. The first-order valence-corrected chi connectivity index (χ1v) is 12.6. The highest BCUT2D eigenvalue weighted by atomic mass is 32.2. The molecule has 0 unspecified atom stereocenters. The summed E-state index contributed by atoms with van der Waals surface area (Å²) in [5.41, 5.74) is 0. The van der Waals surface area contributed by atoms with Gasteiger partial charge in [-0.3, -0.25) is 0 Å². The van der Waals surface area contributed by atoms with Gasteiger partial charge in [-0.25, -0.2) is 8.42 Å². The molecule has 1 aliphatic heterocycles. The standard InChI is InChI=1S/C23H35NO2S/c25-27(26,22-10-2-1-3-11-22)23(14-6-15-23)16-7-17-24-18-12-21(13-19-24)20-8-4-5-9-20/h1-3,10-11,20-21H,4-9,12-19H2. The van der Waals surface area contributed by atoms with E-state index in [9.17, 15) is 8.42 Å². The van der Waals surface area contributed by atoms with E-state index in [4.69, 9.17) is 0 Å². The number of benzene rings is 1. The van der Waals surface area contributed by atoms with Crippen LogP contribution in [0.25, 0.3) is 0 Å². The maximum Gasteiger partial charge on any atom is 0.184 e. The quantitative estimate of drug-likeness (QED) is 0.654. The molecule has 0 aromatic heterocycles. The minimum absolute atomic E-state index is 0.490. The van der Waals surface area contributed by atoms with Crippen LogP contribution in [0.1, 0.15) is 70.6 Å².